The largest absolute Gasteiger partial charge is 0.462 e. The van der Waals surface area contributed by atoms with Gasteiger partial charge < -0.3 is 4.74 Å². The van der Waals surface area contributed by atoms with E-state index in [1.807, 2.05) is 18.2 Å². The second-order valence-corrected chi connectivity index (χ2v) is 8.63. The van der Waals surface area contributed by atoms with Crippen LogP contribution in [0.3, 0.4) is 0 Å². The molecule has 0 radical (unpaired) electrons. The predicted octanol–water partition coefficient (Wildman–Crippen LogP) is 4.76. The molecule has 32 heavy (non-hydrogen) atoms. The van der Waals surface area contributed by atoms with Crippen LogP contribution in [0, 0.1) is 5.92 Å². The van der Waals surface area contributed by atoms with Crippen molar-refractivity contribution in [1.29, 1.82) is 0 Å². The fraction of sp³-hybridized carbons (Fsp3) is 0.458. The van der Waals surface area contributed by atoms with E-state index >= 15 is 0 Å². The van der Waals surface area contributed by atoms with E-state index in [0.29, 0.717) is 29.8 Å². The predicted molar refractivity (Wildman–Crippen MR) is 116 cm³/mol. The summed E-state index contributed by atoms with van der Waals surface area (Å²) in [5.41, 5.74) is 0.957. The minimum absolute atomic E-state index is 0.0922. The van der Waals surface area contributed by atoms with E-state index in [1.54, 1.807) is 12.1 Å². The van der Waals surface area contributed by atoms with Crippen molar-refractivity contribution in [3.63, 3.8) is 0 Å². The molecule has 8 heteroatoms. The first-order chi connectivity index (χ1) is 15.6. The number of carbonyl (C=O) groups excluding carboxylic acids is 1. The van der Waals surface area contributed by atoms with Gasteiger partial charge in [-0.25, -0.2) is 23.1 Å². The van der Waals surface area contributed by atoms with Gasteiger partial charge in [-0.15, -0.1) is 0 Å². The lowest BCUT2D eigenvalue weighted by molar-refractivity contribution is 0.00749. The number of nitrogens with zero attached hydrogens (tertiary/aromatic N) is 4. The molecule has 2 aliphatic rings. The molecule has 2 aromatic heterocycles. The van der Waals surface area contributed by atoms with Gasteiger partial charge in [0.15, 0.2) is 5.65 Å². The highest BCUT2D eigenvalue weighted by Gasteiger charge is 2.34. The first kappa shape index (κ1) is 21.0. The number of fused-ring (bicyclic) bond motifs is 2. The van der Waals surface area contributed by atoms with E-state index in [4.69, 9.17) is 4.74 Å². The number of rotatable bonds is 5. The van der Waals surface area contributed by atoms with Gasteiger partial charge in [0.1, 0.15) is 11.3 Å². The van der Waals surface area contributed by atoms with Crippen molar-refractivity contribution in [2.75, 3.05) is 19.7 Å². The number of esters is 1. The van der Waals surface area contributed by atoms with Crippen molar-refractivity contribution in [2.45, 2.75) is 44.6 Å². The van der Waals surface area contributed by atoms with Gasteiger partial charge in [-0.3, -0.25) is 4.90 Å². The molecule has 3 aromatic rings. The van der Waals surface area contributed by atoms with Crippen molar-refractivity contribution in [3.05, 3.63) is 53.9 Å². The first-order valence-electron chi connectivity index (χ1n) is 11.3. The third kappa shape index (κ3) is 3.99. The quantitative estimate of drug-likeness (QED) is 0.536. The summed E-state index contributed by atoms with van der Waals surface area (Å²) in [4.78, 5) is 19.9. The van der Waals surface area contributed by atoms with Crippen molar-refractivity contribution in [2.24, 2.45) is 5.92 Å². The summed E-state index contributed by atoms with van der Waals surface area (Å²) in [6.45, 7) is 2.56. The Bertz CT molecular complexity index is 1100. The van der Waals surface area contributed by atoms with Crippen molar-refractivity contribution < 1.29 is 18.3 Å². The second kappa shape index (κ2) is 8.94. The summed E-state index contributed by atoms with van der Waals surface area (Å²) in [6.07, 6.45) is 4.24. The van der Waals surface area contributed by atoms with Gasteiger partial charge in [0.25, 0.3) is 6.43 Å². The van der Waals surface area contributed by atoms with Crippen LogP contribution in [0.5, 0.6) is 0 Å². The maximum atomic E-state index is 13.7. The van der Waals surface area contributed by atoms with Gasteiger partial charge in [-0.05, 0) is 44.8 Å². The number of halogens is 2. The normalized spacial score (nSPS) is 21.6. The van der Waals surface area contributed by atoms with E-state index in [1.165, 1.54) is 25.1 Å². The minimum Gasteiger partial charge on any atom is -0.462 e. The molecule has 0 bridgehead atoms. The highest BCUT2D eigenvalue weighted by Crippen LogP contribution is 2.31. The lowest BCUT2D eigenvalue weighted by Crippen LogP contribution is -2.49. The summed E-state index contributed by atoms with van der Waals surface area (Å²) in [7, 11) is 0. The number of alkyl halides is 2. The van der Waals surface area contributed by atoms with E-state index in [9.17, 15) is 13.6 Å². The Hall–Kier alpha value is -2.87. The molecule has 0 spiro atoms. The SMILES string of the molecule is O=C(OC[C@H]1CCCN2CCCC[C@H]12)c1cnn2c(C(F)F)cc(-c3ccccc3)nc12. The fourth-order valence-electron chi connectivity index (χ4n) is 5.07. The molecule has 2 atom stereocenters. The Morgan fingerprint density at radius 2 is 1.94 bits per heavy atom. The molecule has 4 heterocycles. The molecule has 0 saturated carbocycles. The van der Waals surface area contributed by atoms with Gasteiger partial charge in [0.2, 0.25) is 0 Å². The van der Waals surface area contributed by atoms with Crippen LogP contribution in [0.1, 0.15) is 54.6 Å². The van der Waals surface area contributed by atoms with Crippen LogP contribution in [-0.4, -0.2) is 51.2 Å². The average molecular weight is 440 g/mol. The maximum Gasteiger partial charge on any atom is 0.343 e. The standard InChI is InChI=1S/C24H26F2N4O2/c25-22(26)21-13-19(16-7-2-1-3-8-16)28-23-18(14-27-30(21)23)24(31)32-15-17-9-6-12-29-11-5-4-10-20(17)29/h1-3,7-8,13-14,17,20,22H,4-6,9-12,15H2/t17-,20-/m1/s1. The maximum absolute atomic E-state index is 13.7. The molecular weight excluding hydrogens is 414 g/mol. The van der Waals surface area contributed by atoms with Crippen LogP contribution in [-0.2, 0) is 4.74 Å². The average Bonchev–Trinajstić information content (AvgIpc) is 3.26. The van der Waals surface area contributed by atoms with E-state index in [-0.39, 0.29) is 16.9 Å². The number of benzene rings is 1. The first-order valence-corrected chi connectivity index (χ1v) is 11.3. The Labute approximate surface area is 185 Å². The van der Waals surface area contributed by atoms with Crippen LogP contribution >= 0.6 is 0 Å². The smallest absolute Gasteiger partial charge is 0.343 e. The van der Waals surface area contributed by atoms with Gasteiger partial charge in [0, 0.05) is 17.5 Å². The molecule has 2 aliphatic heterocycles. The van der Waals surface area contributed by atoms with Crippen LogP contribution in [0.15, 0.2) is 42.6 Å². The molecule has 0 N–H and O–H groups in total. The highest BCUT2D eigenvalue weighted by atomic mass is 19.3. The number of hydrogen-bond donors (Lipinski definition) is 0. The van der Waals surface area contributed by atoms with Crippen LogP contribution < -0.4 is 0 Å². The van der Waals surface area contributed by atoms with Crippen LogP contribution in [0.25, 0.3) is 16.9 Å². The molecular formula is C24H26F2N4O2. The third-order valence-electron chi connectivity index (χ3n) is 6.67. The summed E-state index contributed by atoms with van der Waals surface area (Å²) in [6, 6.07) is 10.8. The molecule has 0 amide bonds. The summed E-state index contributed by atoms with van der Waals surface area (Å²) < 4.78 is 34.2. The summed E-state index contributed by atoms with van der Waals surface area (Å²) in [5.74, 6) is -0.259. The molecule has 168 valence electrons. The van der Waals surface area contributed by atoms with Crippen molar-refractivity contribution in [3.8, 4) is 11.3 Å². The third-order valence-corrected chi connectivity index (χ3v) is 6.67. The van der Waals surface area contributed by atoms with E-state index < -0.39 is 12.4 Å². The molecule has 0 unspecified atom stereocenters. The second-order valence-electron chi connectivity index (χ2n) is 8.63. The monoisotopic (exact) mass is 440 g/mol. The number of ether oxygens (including phenoxy) is 1. The van der Waals surface area contributed by atoms with E-state index in [2.05, 4.69) is 15.0 Å². The Morgan fingerprint density at radius 3 is 2.75 bits per heavy atom. The molecule has 0 aliphatic carbocycles. The fourth-order valence-corrected chi connectivity index (χ4v) is 5.07. The molecule has 6 nitrogen and oxygen atoms in total. The zero-order valence-electron chi connectivity index (χ0n) is 17.8. The number of carbonyl (C=O) groups is 1. The minimum atomic E-state index is -2.76. The Morgan fingerprint density at radius 1 is 1.12 bits per heavy atom. The van der Waals surface area contributed by atoms with E-state index in [0.717, 1.165) is 36.9 Å². The van der Waals surface area contributed by atoms with Gasteiger partial charge in [0.05, 0.1) is 18.5 Å². The lowest BCUT2D eigenvalue weighted by Gasteiger charge is -2.44. The number of hydrogen-bond acceptors (Lipinski definition) is 5. The summed E-state index contributed by atoms with van der Waals surface area (Å²) in [5, 5.41) is 4.02. The Kier molecular flexibility index (Phi) is 5.87. The zero-order valence-corrected chi connectivity index (χ0v) is 17.8. The molecule has 1 aromatic carbocycles. The number of piperidine rings is 2. The summed E-state index contributed by atoms with van der Waals surface area (Å²) >= 11 is 0. The van der Waals surface area contributed by atoms with Gasteiger partial charge in [-0.1, -0.05) is 36.8 Å². The van der Waals surface area contributed by atoms with Crippen LogP contribution in [0.2, 0.25) is 0 Å². The van der Waals surface area contributed by atoms with Crippen LogP contribution in [0.4, 0.5) is 8.78 Å². The zero-order chi connectivity index (χ0) is 22.1. The molecule has 5 rings (SSSR count). The molecule has 2 fully saturated rings. The topological polar surface area (TPSA) is 59.7 Å². The highest BCUT2D eigenvalue weighted by molar-refractivity contribution is 5.96. The number of aromatic nitrogens is 3. The van der Waals surface area contributed by atoms with Gasteiger partial charge in [-0.2, -0.15) is 5.10 Å². The van der Waals surface area contributed by atoms with Gasteiger partial charge >= 0.3 is 5.97 Å². The van der Waals surface area contributed by atoms with Crippen molar-refractivity contribution >= 4 is 11.6 Å². The Balaban J connectivity index is 1.41. The molecule has 2 saturated heterocycles. The van der Waals surface area contributed by atoms with Crippen molar-refractivity contribution in [1.82, 2.24) is 19.5 Å². The lowest BCUT2D eigenvalue weighted by atomic mass is 9.84.